The lowest BCUT2D eigenvalue weighted by Gasteiger charge is -2.30. The molecule has 178 valence electrons. The molecule has 2 heterocycles. The first kappa shape index (κ1) is 23.4. The number of fused-ring (bicyclic) bond motifs is 1. The number of piperidine rings is 1. The molecule has 1 saturated heterocycles. The number of thioether (sulfide) groups is 1. The van der Waals surface area contributed by atoms with Gasteiger partial charge < -0.3 is 9.80 Å². The van der Waals surface area contributed by atoms with Crippen molar-refractivity contribution in [2.45, 2.75) is 38.1 Å². The molecule has 5 rings (SSSR count). The van der Waals surface area contributed by atoms with Gasteiger partial charge in [-0.05, 0) is 67.2 Å². The molecular weight excluding hydrogens is 452 g/mol. The normalized spacial score (nSPS) is 17.5. The molecule has 0 aliphatic carbocycles. The molecule has 5 heteroatoms. The Labute approximate surface area is 211 Å². The lowest BCUT2D eigenvalue weighted by atomic mass is 9.98. The molecule has 0 saturated carbocycles. The fourth-order valence-electron chi connectivity index (χ4n) is 4.68. The van der Waals surface area contributed by atoms with Crippen molar-refractivity contribution in [1.82, 2.24) is 4.90 Å². The summed E-state index contributed by atoms with van der Waals surface area (Å²) in [6.07, 6.45) is 4.06. The largest absolute Gasteiger partial charge is 0.339 e. The molecule has 35 heavy (non-hydrogen) atoms. The lowest BCUT2D eigenvalue weighted by Crippen LogP contribution is -2.37. The van der Waals surface area contributed by atoms with Crippen LogP contribution in [0.1, 0.15) is 46.8 Å². The minimum atomic E-state index is -0.00204. The highest BCUT2D eigenvalue weighted by atomic mass is 32.2. The summed E-state index contributed by atoms with van der Waals surface area (Å²) in [6.45, 7) is 6.49. The summed E-state index contributed by atoms with van der Waals surface area (Å²) in [5.41, 5.74) is 4.85. The van der Waals surface area contributed by atoms with Gasteiger partial charge in [-0.2, -0.15) is 0 Å². The van der Waals surface area contributed by atoms with Gasteiger partial charge in [-0.1, -0.05) is 72.8 Å². The first-order chi connectivity index (χ1) is 17.0. The van der Waals surface area contributed by atoms with Gasteiger partial charge in [0.25, 0.3) is 11.8 Å². The first-order valence-corrected chi connectivity index (χ1v) is 13.0. The Bertz CT molecular complexity index is 1270. The molecule has 0 bridgehead atoms. The summed E-state index contributed by atoms with van der Waals surface area (Å²) >= 11 is 1.51. The number of carbonyl (C=O) groups is 2. The van der Waals surface area contributed by atoms with Crippen molar-refractivity contribution < 1.29 is 9.59 Å². The highest BCUT2D eigenvalue weighted by Crippen LogP contribution is 2.42. The Morgan fingerprint density at radius 2 is 1.74 bits per heavy atom. The molecule has 0 radical (unpaired) electrons. The smallest absolute Gasteiger partial charge is 0.265 e. The van der Waals surface area contributed by atoms with Crippen molar-refractivity contribution in [3.8, 4) is 0 Å². The number of rotatable bonds is 4. The molecule has 3 aromatic rings. The van der Waals surface area contributed by atoms with Gasteiger partial charge in [0.2, 0.25) is 0 Å². The van der Waals surface area contributed by atoms with Gasteiger partial charge in [0.1, 0.15) is 0 Å². The van der Waals surface area contributed by atoms with Gasteiger partial charge in [0.05, 0.1) is 17.1 Å². The molecule has 3 aromatic carbocycles. The quantitative estimate of drug-likeness (QED) is 0.396. The van der Waals surface area contributed by atoms with Crippen LogP contribution in [0.3, 0.4) is 0 Å². The van der Waals surface area contributed by atoms with Crippen molar-refractivity contribution in [2.75, 3.05) is 18.0 Å². The predicted molar refractivity (Wildman–Crippen MR) is 143 cm³/mol. The average Bonchev–Trinajstić information content (AvgIpc) is 2.87. The van der Waals surface area contributed by atoms with Crippen LogP contribution in [-0.2, 0) is 11.3 Å². The maximum absolute atomic E-state index is 13.6. The molecule has 2 aliphatic rings. The molecule has 1 fully saturated rings. The number of likely N-dealkylation sites (tertiary alicyclic amines) is 1. The topological polar surface area (TPSA) is 40.6 Å². The van der Waals surface area contributed by atoms with Crippen molar-refractivity contribution >= 4 is 35.3 Å². The van der Waals surface area contributed by atoms with Gasteiger partial charge in [-0.3, -0.25) is 9.59 Å². The van der Waals surface area contributed by atoms with Crippen LogP contribution in [0, 0.1) is 12.8 Å². The second-order valence-electron chi connectivity index (χ2n) is 9.56. The maximum atomic E-state index is 13.6. The molecular formula is C30H30N2O2S. The number of hydrogen-bond acceptors (Lipinski definition) is 3. The summed E-state index contributed by atoms with van der Waals surface area (Å²) in [5.74, 6) is 0.782. The lowest BCUT2D eigenvalue weighted by molar-refractivity contribution is -0.114. The third-order valence-electron chi connectivity index (χ3n) is 6.78. The van der Waals surface area contributed by atoms with Gasteiger partial charge in [-0.25, -0.2) is 0 Å². The molecule has 0 spiro atoms. The molecule has 2 aliphatic heterocycles. The van der Waals surface area contributed by atoms with Crippen molar-refractivity contribution in [2.24, 2.45) is 5.92 Å². The van der Waals surface area contributed by atoms with Crippen molar-refractivity contribution in [1.29, 1.82) is 0 Å². The number of anilines is 1. The SMILES string of the molecule is Cc1cccc(CN2C(=O)/C(=C\c3ccc(C(=O)N4CCC(C)CC4)cc3)Sc3ccccc32)c1. The van der Waals surface area contributed by atoms with Crippen LogP contribution in [0.5, 0.6) is 0 Å². The van der Waals surface area contributed by atoms with E-state index in [1.54, 1.807) is 0 Å². The molecule has 0 atom stereocenters. The van der Waals surface area contributed by atoms with Crippen LogP contribution >= 0.6 is 11.8 Å². The summed E-state index contributed by atoms with van der Waals surface area (Å²) in [4.78, 5) is 32.0. The predicted octanol–water partition coefficient (Wildman–Crippen LogP) is 6.55. The van der Waals surface area contributed by atoms with E-state index in [2.05, 4.69) is 38.1 Å². The summed E-state index contributed by atoms with van der Waals surface area (Å²) < 4.78 is 0. The minimum absolute atomic E-state index is 0.00204. The fraction of sp³-hybridized carbons (Fsp3) is 0.267. The second kappa shape index (κ2) is 10.1. The van der Waals surface area contributed by atoms with E-state index in [9.17, 15) is 9.59 Å². The monoisotopic (exact) mass is 482 g/mol. The van der Waals surface area contributed by atoms with Crippen LogP contribution in [0.15, 0.2) is 82.6 Å². The van der Waals surface area contributed by atoms with E-state index in [1.165, 1.54) is 17.3 Å². The van der Waals surface area contributed by atoms with E-state index in [1.807, 2.05) is 64.4 Å². The number of para-hydroxylation sites is 1. The van der Waals surface area contributed by atoms with E-state index in [-0.39, 0.29) is 11.8 Å². The van der Waals surface area contributed by atoms with E-state index in [0.717, 1.165) is 47.6 Å². The summed E-state index contributed by atoms with van der Waals surface area (Å²) in [5, 5.41) is 0. The molecule has 0 aromatic heterocycles. The fourth-order valence-corrected chi connectivity index (χ4v) is 5.74. The Kier molecular flexibility index (Phi) is 6.78. The number of nitrogens with zero attached hydrogens (tertiary/aromatic N) is 2. The Hall–Kier alpha value is -3.31. The average molecular weight is 483 g/mol. The van der Waals surface area contributed by atoms with Crippen molar-refractivity contribution in [3.05, 3.63) is 100.0 Å². The number of carbonyl (C=O) groups excluding carboxylic acids is 2. The number of hydrogen-bond donors (Lipinski definition) is 0. The number of benzene rings is 3. The molecule has 2 amide bonds. The maximum Gasteiger partial charge on any atom is 0.265 e. The van der Waals surface area contributed by atoms with Gasteiger partial charge in [0, 0.05) is 23.5 Å². The van der Waals surface area contributed by atoms with Crippen LogP contribution in [0.4, 0.5) is 5.69 Å². The van der Waals surface area contributed by atoms with Crippen LogP contribution < -0.4 is 4.90 Å². The minimum Gasteiger partial charge on any atom is -0.339 e. The van der Waals surface area contributed by atoms with Gasteiger partial charge in [0.15, 0.2) is 0 Å². The van der Waals surface area contributed by atoms with E-state index in [4.69, 9.17) is 0 Å². The van der Waals surface area contributed by atoms with Gasteiger partial charge >= 0.3 is 0 Å². The van der Waals surface area contributed by atoms with Crippen LogP contribution in [0.25, 0.3) is 6.08 Å². The zero-order valence-corrected chi connectivity index (χ0v) is 21.1. The van der Waals surface area contributed by atoms with Gasteiger partial charge in [-0.15, -0.1) is 0 Å². The third kappa shape index (κ3) is 5.20. The number of amides is 2. The Balaban J connectivity index is 1.38. The standard InChI is InChI=1S/C30H30N2O2S/c1-21-14-16-31(17-15-21)29(33)25-12-10-23(11-13-25)19-28-30(34)32(20-24-7-5-6-22(2)18-24)26-8-3-4-9-27(26)35-28/h3-13,18-19,21H,14-17,20H2,1-2H3/b28-19+. The van der Waals surface area contributed by atoms with E-state index < -0.39 is 0 Å². The molecule has 0 N–H and O–H groups in total. The second-order valence-corrected chi connectivity index (χ2v) is 10.6. The summed E-state index contributed by atoms with van der Waals surface area (Å²) in [6, 6.07) is 24.0. The third-order valence-corrected chi connectivity index (χ3v) is 7.86. The molecule has 0 unspecified atom stereocenters. The zero-order chi connectivity index (χ0) is 24.4. The highest BCUT2D eigenvalue weighted by molar-refractivity contribution is 8.04. The summed E-state index contributed by atoms with van der Waals surface area (Å²) in [7, 11) is 0. The van der Waals surface area contributed by atoms with Crippen LogP contribution in [-0.4, -0.2) is 29.8 Å². The number of aryl methyl sites for hydroxylation is 1. The first-order valence-electron chi connectivity index (χ1n) is 12.2. The van der Waals surface area contributed by atoms with Crippen molar-refractivity contribution in [3.63, 3.8) is 0 Å². The zero-order valence-electron chi connectivity index (χ0n) is 20.2. The Morgan fingerprint density at radius 1 is 1.00 bits per heavy atom. The van der Waals surface area contributed by atoms with E-state index >= 15 is 0 Å². The Morgan fingerprint density at radius 3 is 2.49 bits per heavy atom. The van der Waals surface area contributed by atoms with Crippen LogP contribution in [0.2, 0.25) is 0 Å². The highest BCUT2D eigenvalue weighted by Gasteiger charge is 2.29. The molecule has 4 nitrogen and oxygen atoms in total. The van der Waals surface area contributed by atoms with E-state index in [0.29, 0.717) is 22.9 Å².